The molecule has 0 spiro atoms. The number of carbonyl (C=O) groups is 1. The van der Waals surface area contributed by atoms with Gasteiger partial charge in [-0.1, -0.05) is 24.7 Å². The summed E-state index contributed by atoms with van der Waals surface area (Å²) in [6.45, 7) is 2.10. The molecule has 0 bridgehead atoms. The molecule has 3 N–H and O–H groups in total. The molecule has 0 unspecified atom stereocenters. The molecule has 1 amide bonds. The molecular weight excluding hydrogens is 337 g/mol. The average Bonchev–Trinajstić information content (AvgIpc) is 3.09. The molecule has 0 atom stereocenters. The first-order chi connectivity index (χ1) is 11.1. The molecule has 0 aliphatic carbocycles. The van der Waals surface area contributed by atoms with E-state index >= 15 is 0 Å². The van der Waals surface area contributed by atoms with E-state index < -0.39 is 11.7 Å². The molecule has 0 fully saturated rings. The van der Waals surface area contributed by atoms with Crippen LogP contribution in [0.15, 0.2) is 12.1 Å². The minimum atomic E-state index is -0.520. The lowest BCUT2D eigenvalue weighted by atomic mass is 10.1. The van der Waals surface area contributed by atoms with Gasteiger partial charge in [-0.15, -0.1) is 10.2 Å². The average molecular weight is 351 g/mol. The molecular formula is C14H14FN5OS2. The van der Waals surface area contributed by atoms with Gasteiger partial charge in [0.25, 0.3) is 5.91 Å². The Kier molecular flexibility index (Phi) is 4.49. The summed E-state index contributed by atoms with van der Waals surface area (Å²) in [6, 6.07) is 2.45. The van der Waals surface area contributed by atoms with Crippen LogP contribution in [-0.4, -0.2) is 26.1 Å². The van der Waals surface area contributed by atoms with E-state index in [2.05, 4.69) is 32.4 Å². The van der Waals surface area contributed by atoms with E-state index in [1.165, 1.54) is 17.4 Å². The van der Waals surface area contributed by atoms with Crippen molar-refractivity contribution < 1.29 is 9.18 Å². The lowest BCUT2D eigenvalue weighted by Crippen LogP contribution is -2.12. The Morgan fingerprint density at radius 2 is 2.22 bits per heavy atom. The van der Waals surface area contributed by atoms with Crippen LogP contribution >= 0.6 is 23.6 Å². The first kappa shape index (κ1) is 15.8. The third-order valence-corrected chi connectivity index (χ3v) is 4.37. The second-order valence-corrected chi connectivity index (χ2v) is 6.48. The van der Waals surface area contributed by atoms with Crippen LogP contribution in [0.4, 0.5) is 9.52 Å². The van der Waals surface area contributed by atoms with Crippen molar-refractivity contribution in [2.24, 2.45) is 0 Å². The highest BCUT2D eigenvalue weighted by molar-refractivity contribution is 7.71. The lowest BCUT2D eigenvalue weighted by molar-refractivity contribution is 0.102. The second kappa shape index (κ2) is 6.55. The van der Waals surface area contributed by atoms with E-state index in [9.17, 15) is 9.18 Å². The summed E-state index contributed by atoms with van der Waals surface area (Å²) in [7, 11) is 0. The summed E-state index contributed by atoms with van der Waals surface area (Å²) >= 11 is 6.31. The summed E-state index contributed by atoms with van der Waals surface area (Å²) in [5, 5.41) is 11.9. The van der Waals surface area contributed by atoms with Crippen molar-refractivity contribution in [3.05, 3.63) is 33.3 Å². The number of H-pyrrole nitrogens is 2. The zero-order valence-electron chi connectivity index (χ0n) is 12.3. The number of aromatic nitrogens is 4. The van der Waals surface area contributed by atoms with Crippen molar-refractivity contribution in [2.45, 2.75) is 26.2 Å². The van der Waals surface area contributed by atoms with Gasteiger partial charge in [0.15, 0.2) is 4.77 Å². The van der Waals surface area contributed by atoms with E-state index in [0.717, 1.165) is 30.3 Å². The highest BCUT2D eigenvalue weighted by atomic mass is 32.1. The highest BCUT2D eigenvalue weighted by Crippen LogP contribution is 2.21. The molecule has 0 aliphatic heterocycles. The predicted molar refractivity (Wildman–Crippen MR) is 89.9 cm³/mol. The fourth-order valence-corrected chi connectivity index (χ4v) is 3.17. The molecule has 9 heteroatoms. The normalized spacial score (nSPS) is 11.0. The van der Waals surface area contributed by atoms with E-state index in [1.54, 1.807) is 0 Å². The number of rotatable bonds is 5. The fourth-order valence-electron chi connectivity index (χ4n) is 2.18. The van der Waals surface area contributed by atoms with E-state index in [4.69, 9.17) is 12.2 Å². The van der Waals surface area contributed by atoms with Crippen LogP contribution in [0.1, 0.15) is 35.1 Å². The second-order valence-electron chi connectivity index (χ2n) is 5.01. The molecule has 0 saturated carbocycles. The highest BCUT2D eigenvalue weighted by Gasteiger charge is 2.16. The molecule has 3 rings (SSSR count). The fraction of sp³-hybridized carbons (Fsp3) is 0.286. The van der Waals surface area contributed by atoms with Crippen molar-refractivity contribution in [3.8, 4) is 0 Å². The molecule has 23 heavy (non-hydrogen) atoms. The molecule has 3 aromatic rings. The number of hydrogen-bond donors (Lipinski definition) is 3. The molecule has 0 aliphatic rings. The number of unbranched alkanes of at least 4 members (excludes halogenated alkanes) is 1. The number of hydrogen-bond acceptors (Lipinski definition) is 5. The third-order valence-electron chi connectivity index (χ3n) is 3.27. The lowest BCUT2D eigenvalue weighted by Gasteiger charge is -2.03. The largest absolute Gasteiger partial charge is 0.331 e. The van der Waals surface area contributed by atoms with Gasteiger partial charge in [0, 0.05) is 6.42 Å². The van der Waals surface area contributed by atoms with E-state index in [0.29, 0.717) is 20.9 Å². The van der Waals surface area contributed by atoms with Crippen LogP contribution in [0.2, 0.25) is 0 Å². The summed E-state index contributed by atoms with van der Waals surface area (Å²) in [4.78, 5) is 18.1. The van der Waals surface area contributed by atoms with Crippen LogP contribution < -0.4 is 5.32 Å². The van der Waals surface area contributed by atoms with Gasteiger partial charge in [-0.05, 0) is 30.8 Å². The maximum Gasteiger partial charge on any atom is 0.259 e. The van der Waals surface area contributed by atoms with Crippen molar-refractivity contribution in [1.29, 1.82) is 0 Å². The van der Waals surface area contributed by atoms with E-state index in [-0.39, 0.29) is 5.56 Å². The molecule has 0 saturated heterocycles. The Morgan fingerprint density at radius 1 is 1.39 bits per heavy atom. The van der Waals surface area contributed by atoms with Crippen LogP contribution in [0.3, 0.4) is 0 Å². The first-order valence-electron chi connectivity index (χ1n) is 7.12. The summed E-state index contributed by atoms with van der Waals surface area (Å²) < 4.78 is 14.0. The quantitative estimate of drug-likeness (QED) is 0.610. The number of aryl methyl sites for hydroxylation is 1. The predicted octanol–water partition coefficient (Wildman–Crippen LogP) is 3.81. The van der Waals surface area contributed by atoms with Gasteiger partial charge in [0.1, 0.15) is 10.8 Å². The first-order valence-corrected chi connectivity index (χ1v) is 8.34. The Hall–Kier alpha value is -2.13. The number of halogens is 1. The number of carbonyl (C=O) groups excluding carboxylic acids is 1. The number of nitrogens with one attached hydrogen (secondary N) is 3. The van der Waals surface area contributed by atoms with Crippen LogP contribution in [0, 0.1) is 10.6 Å². The van der Waals surface area contributed by atoms with Gasteiger partial charge in [0.05, 0.1) is 16.6 Å². The van der Waals surface area contributed by atoms with Crippen molar-refractivity contribution in [2.75, 3.05) is 5.32 Å². The number of nitrogens with zero attached hydrogens (tertiary/aromatic N) is 2. The Labute approximate surface area is 140 Å². The molecule has 1 aromatic carbocycles. The molecule has 120 valence electrons. The summed E-state index contributed by atoms with van der Waals surface area (Å²) in [6.07, 6.45) is 2.92. The number of fused-ring (bicyclic) bond motifs is 1. The molecule has 2 heterocycles. The van der Waals surface area contributed by atoms with Gasteiger partial charge in [0.2, 0.25) is 5.13 Å². The van der Waals surface area contributed by atoms with Gasteiger partial charge < -0.3 is 9.97 Å². The Balaban J connectivity index is 1.86. The molecule has 6 nitrogen and oxygen atoms in total. The van der Waals surface area contributed by atoms with Crippen molar-refractivity contribution in [1.82, 2.24) is 20.2 Å². The topological polar surface area (TPSA) is 86.5 Å². The van der Waals surface area contributed by atoms with Gasteiger partial charge >= 0.3 is 0 Å². The van der Waals surface area contributed by atoms with Gasteiger partial charge in [-0.3, -0.25) is 10.1 Å². The number of imidazole rings is 1. The third kappa shape index (κ3) is 3.45. The monoisotopic (exact) mass is 351 g/mol. The standard InChI is InChI=1S/C14H14FN5OS2/c1-2-3-4-10-19-20-14(23-10)18-12(21)8-5-7(15)6-9-11(8)17-13(22)16-9/h5-6H,2-4H2,1H3,(H2,16,17,22)(H,18,20,21). The molecule has 0 radical (unpaired) electrons. The minimum Gasteiger partial charge on any atom is -0.331 e. The van der Waals surface area contributed by atoms with E-state index in [1.807, 2.05) is 0 Å². The Morgan fingerprint density at radius 3 is 3.00 bits per heavy atom. The van der Waals surface area contributed by atoms with Crippen molar-refractivity contribution >= 4 is 45.6 Å². The van der Waals surface area contributed by atoms with Crippen LogP contribution in [0.5, 0.6) is 0 Å². The molecule has 2 aromatic heterocycles. The summed E-state index contributed by atoms with van der Waals surface area (Å²) in [5.74, 6) is -0.980. The van der Waals surface area contributed by atoms with Crippen LogP contribution in [0.25, 0.3) is 11.0 Å². The smallest absolute Gasteiger partial charge is 0.259 e. The van der Waals surface area contributed by atoms with Crippen LogP contribution in [-0.2, 0) is 6.42 Å². The maximum absolute atomic E-state index is 13.7. The number of anilines is 1. The number of aromatic amines is 2. The number of benzene rings is 1. The maximum atomic E-state index is 13.7. The zero-order chi connectivity index (χ0) is 16.4. The van der Waals surface area contributed by atoms with Crippen molar-refractivity contribution in [3.63, 3.8) is 0 Å². The zero-order valence-corrected chi connectivity index (χ0v) is 13.9. The van der Waals surface area contributed by atoms with Gasteiger partial charge in [-0.2, -0.15) is 0 Å². The minimum absolute atomic E-state index is 0.164. The summed E-state index contributed by atoms with van der Waals surface area (Å²) in [5.41, 5.74) is 1.07. The van der Waals surface area contributed by atoms with Gasteiger partial charge in [-0.25, -0.2) is 4.39 Å². The SMILES string of the molecule is CCCCc1nnc(NC(=O)c2cc(F)cc3[nH]c(=S)[nH]c23)s1. The Bertz CT molecular complexity index is 913. The number of amides is 1.